The molecular formula is C12H15NO3. The van der Waals surface area contributed by atoms with Gasteiger partial charge in [-0.15, -0.1) is 0 Å². The lowest BCUT2D eigenvalue weighted by Gasteiger charge is -2.16. The number of rotatable bonds is 3. The normalized spacial score (nSPS) is 24.3. The highest BCUT2D eigenvalue weighted by atomic mass is 16.5. The molecule has 0 aromatic heterocycles. The summed E-state index contributed by atoms with van der Waals surface area (Å²) in [6, 6.07) is 6.65. The van der Waals surface area contributed by atoms with Gasteiger partial charge in [-0.2, -0.15) is 0 Å². The van der Waals surface area contributed by atoms with Crippen molar-refractivity contribution in [3.05, 3.63) is 29.8 Å². The number of nitrogens with two attached hydrogens (primary N) is 1. The van der Waals surface area contributed by atoms with Gasteiger partial charge in [0.15, 0.2) is 0 Å². The van der Waals surface area contributed by atoms with Crippen LogP contribution in [0.25, 0.3) is 0 Å². The first-order valence-corrected chi connectivity index (χ1v) is 5.41. The molecule has 0 saturated heterocycles. The molecule has 2 rings (SSSR count). The van der Waals surface area contributed by atoms with Crippen LogP contribution in [0.2, 0.25) is 0 Å². The van der Waals surface area contributed by atoms with E-state index in [0.29, 0.717) is 11.3 Å². The summed E-state index contributed by atoms with van der Waals surface area (Å²) in [5, 5.41) is 9.59. The van der Waals surface area contributed by atoms with E-state index in [4.69, 9.17) is 10.5 Å². The molecule has 2 atom stereocenters. The Morgan fingerprint density at radius 2 is 2.00 bits per heavy atom. The molecule has 0 radical (unpaired) electrons. The van der Waals surface area contributed by atoms with Gasteiger partial charge in [0.05, 0.1) is 6.10 Å². The molecule has 1 aromatic carbocycles. The SMILES string of the molecule is NC(=O)c1ccc(O[C@H]2CCC[C@@H]2O)cc1. The molecule has 0 unspecified atom stereocenters. The van der Waals surface area contributed by atoms with Crippen LogP contribution in [0.1, 0.15) is 29.6 Å². The second-order valence-electron chi connectivity index (χ2n) is 4.04. The maximum Gasteiger partial charge on any atom is 0.248 e. The second-order valence-corrected chi connectivity index (χ2v) is 4.04. The molecule has 0 aliphatic heterocycles. The number of hydrogen-bond donors (Lipinski definition) is 2. The highest BCUT2D eigenvalue weighted by Gasteiger charge is 2.26. The van der Waals surface area contributed by atoms with Gasteiger partial charge in [-0.25, -0.2) is 0 Å². The van der Waals surface area contributed by atoms with E-state index in [1.807, 2.05) is 0 Å². The number of hydrogen-bond acceptors (Lipinski definition) is 3. The molecule has 0 bridgehead atoms. The molecule has 1 aromatic rings. The summed E-state index contributed by atoms with van der Waals surface area (Å²) in [5.74, 6) is 0.211. The van der Waals surface area contributed by atoms with Gasteiger partial charge in [-0.3, -0.25) is 4.79 Å². The Kier molecular flexibility index (Phi) is 3.10. The van der Waals surface area contributed by atoms with Gasteiger partial charge in [0, 0.05) is 5.56 Å². The second kappa shape index (κ2) is 4.53. The van der Waals surface area contributed by atoms with Crippen molar-refractivity contribution in [3.63, 3.8) is 0 Å². The highest BCUT2D eigenvalue weighted by molar-refractivity contribution is 5.92. The zero-order valence-corrected chi connectivity index (χ0v) is 8.93. The maximum absolute atomic E-state index is 10.9. The summed E-state index contributed by atoms with van der Waals surface area (Å²) in [5.41, 5.74) is 5.59. The van der Waals surface area contributed by atoms with E-state index in [1.54, 1.807) is 24.3 Å². The summed E-state index contributed by atoms with van der Waals surface area (Å²) in [6.07, 6.45) is 2.16. The van der Waals surface area contributed by atoms with E-state index in [-0.39, 0.29) is 12.2 Å². The number of primary amides is 1. The van der Waals surface area contributed by atoms with Crippen LogP contribution in [0, 0.1) is 0 Å². The summed E-state index contributed by atoms with van der Waals surface area (Å²) in [6.45, 7) is 0. The van der Waals surface area contributed by atoms with E-state index in [1.165, 1.54) is 0 Å². The first-order valence-electron chi connectivity index (χ1n) is 5.41. The Morgan fingerprint density at radius 1 is 1.31 bits per heavy atom. The van der Waals surface area contributed by atoms with E-state index < -0.39 is 5.91 Å². The zero-order chi connectivity index (χ0) is 11.5. The predicted molar refractivity (Wildman–Crippen MR) is 59.2 cm³/mol. The zero-order valence-electron chi connectivity index (χ0n) is 8.93. The Hall–Kier alpha value is -1.55. The number of carbonyl (C=O) groups is 1. The van der Waals surface area contributed by atoms with Crippen LogP contribution in [-0.2, 0) is 0 Å². The Labute approximate surface area is 94.0 Å². The Bertz CT molecular complexity index is 374. The lowest BCUT2D eigenvalue weighted by atomic mass is 10.2. The van der Waals surface area contributed by atoms with Crippen LogP contribution in [0.5, 0.6) is 5.75 Å². The molecule has 3 N–H and O–H groups in total. The number of ether oxygens (including phenoxy) is 1. The summed E-state index contributed by atoms with van der Waals surface area (Å²) < 4.78 is 5.62. The van der Waals surface area contributed by atoms with Crippen LogP contribution in [0.3, 0.4) is 0 Å². The molecule has 1 fully saturated rings. The van der Waals surface area contributed by atoms with Crippen LogP contribution in [0.15, 0.2) is 24.3 Å². The van der Waals surface area contributed by atoms with Gasteiger partial charge < -0.3 is 15.6 Å². The van der Waals surface area contributed by atoms with Crippen molar-refractivity contribution >= 4 is 5.91 Å². The lowest BCUT2D eigenvalue weighted by molar-refractivity contribution is 0.0604. The van der Waals surface area contributed by atoms with Crippen molar-refractivity contribution in [1.82, 2.24) is 0 Å². The molecule has 1 aliphatic carbocycles. The van der Waals surface area contributed by atoms with Crippen molar-refractivity contribution in [2.45, 2.75) is 31.5 Å². The van der Waals surface area contributed by atoms with Crippen LogP contribution >= 0.6 is 0 Å². The first kappa shape index (κ1) is 11.0. The molecule has 4 heteroatoms. The van der Waals surface area contributed by atoms with E-state index in [0.717, 1.165) is 19.3 Å². The topological polar surface area (TPSA) is 72.6 Å². The molecule has 0 heterocycles. The Morgan fingerprint density at radius 3 is 2.50 bits per heavy atom. The minimum Gasteiger partial charge on any atom is -0.488 e. The number of benzene rings is 1. The average molecular weight is 221 g/mol. The van der Waals surface area contributed by atoms with Crippen molar-refractivity contribution in [1.29, 1.82) is 0 Å². The van der Waals surface area contributed by atoms with Crippen molar-refractivity contribution in [3.8, 4) is 5.75 Å². The van der Waals surface area contributed by atoms with E-state index in [2.05, 4.69) is 0 Å². The van der Waals surface area contributed by atoms with Gasteiger partial charge in [0.25, 0.3) is 0 Å². The van der Waals surface area contributed by atoms with E-state index >= 15 is 0 Å². The third-order valence-corrected chi connectivity index (χ3v) is 2.84. The largest absolute Gasteiger partial charge is 0.488 e. The fourth-order valence-corrected chi connectivity index (χ4v) is 1.92. The van der Waals surface area contributed by atoms with Gasteiger partial charge >= 0.3 is 0 Å². The van der Waals surface area contributed by atoms with Crippen molar-refractivity contribution in [2.75, 3.05) is 0 Å². The number of carbonyl (C=O) groups excluding carboxylic acids is 1. The molecule has 0 spiro atoms. The van der Waals surface area contributed by atoms with Crippen molar-refractivity contribution in [2.24, 2.45) is 5.73 Å². The average Bonchev–Trinajstić information content (AvgIpc) is 2.65. The summed E-state index contributed by atoms with van der Waals surface area (Å²) in [4.78, 5) is 10.9. The van der Waals surface area contributed by atoms with Crippen molar-refractivity contribution < 1.29 is 14.6 Å². The van der Waals surface area contributed by atoms with Gasteiger partial charge in [-0.05, 0) is 43.5 Å². The molecule has 1 aliphatic rings. The molecular weight excluding hydrogens is 206 g/mol. The third-order valence-electron chi connectivity index (χ3n) is 2.84. The monoisotopic (exact) mass is 221 g/mol. The summed E-state index contributed by atoms with van der Waals surface area (Å²) in [7, 11) is 0. The van der Waals surface area contributed by atoms with Crippen LogP contribution in [0.4, 0.5) is 0 Å². The quantitative estimate of drug-likeness (QED) is 0.802. The lowest BCUT2D eigenvalue weighted by Crippen LogP contribution is -2.25. The minimum atomic E-state index is -0.451. The fraction of sp³-hybridized carbons (Fsp3) is 0.417. The number of amides is 1. The number of aliphatic hydroxyl groups is 1. The van der Waals surface area contributed by atoms with Gasteiger partial charge in [0.1, 0.15) is 11.9 Å². The summed E-state index contributed by atoms with van der Waals surface area (Å²) >= 11 is 0. The van der Waals surface area contributed by atoms with Crippen LogP contribution in [-0.4, -0.2) is 23.2 Å². The van der Waals surface area contributed by atoms with Crippen LogP contribution < -0.4 is 10.5 Å². The maximum atomic E-state index is 10.9. The van der Waals surface area contributed by atoms with Gasteiger partial charge in [0.2, 0.25) is 5.91 Å². The predicted octanol–water partition coefficient (Wildman–Crippen LogP) is 1.08. The fourth-order valence-electron chi connectivity index (χ4n) is 1.92. The standard InChI is InChI=1S/C12H15NO3/c13-12(15)8-4-6-9(7-5-8)16-11-3-1-2-10(11)14/h4-7,10-11,14H,1-3H2,(H2,13,15)/t10-,11-/m0/s1. The smallest absolute Gasteiger partial charge is 0.248 e. The molecule has 1 amide bonds. The Balaban J connectivity index is 2.02. The third kappa shape index (κ3) is 2.33. The number of aliphatic hydroxyl groups excluding tert-OH is 1. The highest BCUT2D eigenvalue weighted by Crippen LogP contribution is 2.24. The molecule has 16 heavy (non-hydrogen) atoms. The molecule has 86 valence electrons. The first-order chi connectivity index (χ1) is 7.66. The molecule has 4 nitrogen and oxygen atoms in total. The minimum absolute atomic E-state index is 0.126. The van der Waals surface area contributed by atoms with Gasteiger partial charge in [-0.1, -0.05) is 0 Å². The molecule has 1 saturated carbocycles. The van der Waals surface area contributed by atoms with E-state index in [9.17, 15) is 9.90 Å².